The summed E-state index contributed by atoms with van der Waals surface area (Å²) in [4.78, 5) is 65.2. The van der Waals surface area contributed by atoms with Crippen LogP contribution < -0.4 is 5.73 Å². The highest BCUT2D eigenvalue weighted by Gasteiger charge is 2.39. The molecule has 2 aromatic carbocycles. The van der Waals surface area contributed by atoms with Crippen LogP contribution >= 0.6 is 0 Å². The van der Waals surface area contributed by atoms with Gasteiger partial charge in [-0.3, -0.25) is 38.9 Å². The fraction of sp³-hybridized carbons (Fsp3) is 0.414. The Balaban J connectivity index is 0.000000189. The van der Waals surface area contributed by atoms with Crippen molar-refractivity contribution in [3.05, 3.63) is 71.8 Å². The van der Waals surface area contributed by atoms with Crippen LogP contribution in [0.4, 0.5) is 0 Å². The molecule has 14 nitrogen and oxygen atoms in total. The van der Waals surface area contributed by atoms with Crippen molar-refractivity contribution in [3.8, 4) is 0 Å². The van der Waals surface area contributed by atoms with E-state index in [9.17, 15) is 24.0 Å². The van der Waals surface area contributed by atoms with E-state index in [-0.39, 0.29) is 62.3 Å². The van der Waals surface area contributed by atoms with Gasteiger partial charge in [0.15, 0.2) is 0 Å². The Morgan fingerprint density at radius 2 is 1.16 bits per heavy atom. The SMILES string of the molecule is CON1C[C@@H](CC(=O)OCc2ccccc2)C1=O.CON1C[C@@H](N)C1=O.O=C(C[C@@H]1CN(O)C1=O)OCc1ccccc1. The Labute approximate surface area is 248 Å². The number of hydroxylamine groups is 6. The first-order chi connectivity index (χ1) is 20.6. The van der Waals surface area contributed by atoms with Gasteiger partial charge in [0.1, 0.15) is 19.3 Å². The summed E-state index contributed by atoms with van der Waals surface area (Å²) in [5.41, 5.74) is 7.06. The van der Waals surface area contributed by atoms with Gasteiger partial charge in [-0.1, -0.05) is 60.7 Å². The lowest BCUT2D eigenvalue weighted by molar-refractivity contribution is -0.211. The van der Waals surface area contributed by atoms with E-state index in [4.69, 9.17) is 25.3 Å². The van der Waals surface area contributed by atoms with Gasteiger partial charge in [0.25, 0.3) is 17.7 Å². The van der Waals surface area contributed by atoms with Crippen molar-refractivity contribution >= 4 is 29.7 Å². The molecule has 43 heavy (non-hydrogen) atoms. The van der Waals surface area contributed by atoms with Crippen molar-refractivity contribution in [2.24, 2.45) is 17.6 Å². The van der Waals surface area contributed by atoms with Crippen molar-refractivity contribution in [2.45, 2.75) is 32.1 Å². The van der Waals surface area contributed by atoms with Gasteiger partial charge < -0.3 is 15.2 Å². The highest BCUT2D eigenvalue weighted by atomic mass is 16.7. The number of esters is 2. The molecule has 3 fully saturated rings. The molecule has 3 atom stereocenters. The van der Waals surface area contributed by atoms with E-state index < -0.39 is 17.8 Å². The third kappa shape index (κ3) is 9.85. The number of nitrogens with zero attached hydrogens (tertiary/aromatic N) is 3. The molecular formula is C29H36N4O10. The molecule has 0 bridgehead atoms. The van der Waals surface area contributed by atoms with Gasteiger partial charge in [-0.05, 0) is 11.1 Å². The van der Waals surface area contributed by atoms with Crippen LogP contribution in [0, 0.1) is 11.8 Å². The summed E-state index contributed by atoms with van der Waals surface area (Å²) < 4.78 is 10.1. The summed E-state index contributed by atoms with van der Waals surface area (Å²) in [6, 6.07) is 18.4. The molecule has 0 unspecified atom stereocenters. The number of ether oxygens (including phenoxy) is 2. The average molecular weight is 601 g/mol. The van der Waals surface area contributed by atoms with Gasteiger partial charge in [0.2, 0.25) is 0 Å². The van der Waals surface area contributed by atoms with Crippen LogP contribution in [0.25, 0.3) is 0 Å². The molecule has 3 N–H and O–H groups in total. The van der Waals surface area contributed by atoms with Crippen molar-refractivity contribution < 1.29 is 48.3 Å². The molecule has 0 spiro atoms. The van der Waals surface area contributed by atoms with Crippen molar-refractivity contribution in [2.75, 3.05) is 33.9 Å². The number of rotatable bonds is 10. The van der Waals surface area contributed by atoms with Gasteiger partial charge in [-0.2, -0.15) is 0 Å². The largest absolute Gasteiger partial charge is 0.461 e. The van der Waals surface area contributed by atoms with Crippen molar-refractivity contribution in [1.29, 1.82) is 0 Å². The number of nitrogens with two attached hydrogens (primary N) is 1. The van der Waals surface area contributed by atoms with E-state index in [0.717, 1.165) is 11.1 Å². The van der Waals surface area contributed by atoms with Gasteiger partial charge in [0.05, 0.1) is 58.5 Å². The molecule has 0 saturated carbocycles. The molecular weight excluding hydrogens is 564 g/mol. The van der Waals surface area contributed by atoms with Gasteiger partial charge in [-0.15, -0.1) is 0 Å². The molecule has 0 aromatic heterocycles. The molecule has 232 valence electrons. The molecule has 3 saturated heterocycles. The number of benzene rings is 2. The Bertz CT molecular complexity index is 1250. The highest BCUT2D eigenvalue weighted by molar-refractivity contribution is 5.88. The number of β-lactam (4-membered cyclic amide) rings is 3. The Hall–Kier alpha value is -4.37. The maximum absolute atomic E-state index is 11.5. The predicted molar refractivity (Wildman–Crippen MR) is 148 cm³/mol. The number of carbonyl (C=O) groups is 5. The Morgan fingerprint density at radius 3 is 1.49 bits per heavy atom. The van der Waals surface area contributed by atoms with Gasteiger partial charge in [-0.25, -0.2) is 15.2 Å². The fourth-order valence-corrected chi connectivity index (χ4v) is 3.98. The van der Waals surface area contributed by atoms with E-state index in [2.05, 4.69) is 4.84 Å². The standard InChI is InChI=1S/C13H15NO4.C12H13NO4.C4H8N2O2/c1-17-14-8-11(13(14)16)7-12(15)18-9-10-5-3-2-4-6-10;14-11(6-10-7-13(16)12(10)15)17-8-9-4-2-1-3-5-9;1-8-6-2-3(5)4(6)7/h2-6,11H,7-9H2,1H3;1-5,10,16H,6-8H2;3H,2,5H2,1H3/t11-;10-;3-/m111/s1. The predicted octanol–water partition coefficient (Wildman–Crippen LogP) is 0.825. The fourth-order valence-electron chi connectivity index (χ4n) is 3.98. The van der Waals surface area contributed by atoms with Crippen LogP contribution in [0.2, 0.25) is 0 Å². The topological polar surface area (TPSA) is 178 Å². The first-order valence-corrected chi connectivity index (χ1v) is 13.5. The summed E-state index contributed by atoms with van der Waals surface area (Å²) in [5.74, 6) is -2.20. The zero-order chi connectivity index (χ0) is 31.4. The monoisotopic (exact) mass is 600 g/mol. The highest BCUT2D eigenvalue weighted by Crippen LogP contribution is 2.21. The van der Waals surface area contributed by atoms with E-state index in [1.54, 1.807) is 0 Å². The second-order valence-electron chi connectivity index (χ2n) is 9.79. The van der Waals surface area contributed by atoms with E-state index in [1.807, 2.05) is 60.7 Å². The number of hydrogen-bond donors (Lipinski definition) is 2. The van der Waals surface area contributed by atoms with Gasteiger partial charge in [0, 0.05) is 0 Å². The summed E-state index contributed by atoms with van der Waals surface area (Å²) in [6.07, 6.45) is 0.147. The van der Waals surface area contributed by atoms with Crippen molar-refractivity contribution in [3.63, 3.8) is 0 Å². The molecule has 14 heteroatoms. The minimum absolute atomic E-state index is 0.0305. The summed E-state index contributed by atoms with van der Waals surface area (Å²) >= 11 is 0. The molecule has 3 aliphatic heterocycles. The van der Waals surface area contributed by atoms with Crippen LogP contribution in [-0.4, -0.2) is 90.0 Å². The van der Waals surface area contributed by atoms with E-state index in [1.165, 1.54) is 24.3 Å². The molecule has 0 aliphatic carbocycles. The van der Waals surface area contributed by atoms with E-state index in [0.29, 0.717) is 18.2 Å². The molecule has 3 amide bonds. The molecule has 5 rings (SSSR count). The third-order valence-electron chi connectivity index (χ3n) is 6.66. The van der Waals surface area contributed by atoms with Crippen LogP contribution in [0.15, 0.2) is 60.7 Å². The minimum atomic E-state index is -0.428. The van der Waals surface area contributed by atoms with Crippen LogP contribution in [-0.2, 0) is 56.3 Å². The number of amides is 3. The zero-order valence-corrected chi connectivity index (χ0v) is 24.0. The third-order valence-corrected chi connectivity index (χ3v) is 6.66. The van der Waals surface area contributed by atoms with Crippen LogP contribution in [0.1, 0.15) is 24.0 Å². The Kier molecular flexibility index (Phi) is 12.6. The van der Waals surface area contributed by atoms with Crippen molar-refractivity contribution in [1.82, 2.24) is 15.2 Å². The number of hydrogen-bond acceptors (Lipinski definition) is 11. The second-order valence-corrected chi connectivity index (χ2v) is 9.79. The molecule has 3 heterocycles. The smallest absolute Gasteiger partial charge is 0.307 e. The molecule has 3 aliphatic rings. The van der Waals surface area contributed by atoms with Gasteiger partial charge >= 0.3 is 11.9 Å². The first kappa shape index (κ1) is 33.1. The zero-order valence-electron chi connectivity index (χ0n) is 24.0. The quantitative estimate of drug-likeness (QED) is 0.224. The number of carbonyl (C=O) groups excluding carboxylic acids is 5. The summed E-state index contributed by atoms with van der Waals surface area (Å²) in [7, 11) is 2.88. The second kappa shape index (κ2) is 16.3. The van der Waals surface area contributed by atoms with Crippen LogP contribution in [0.5, 0.6) is 0 Å². The van der Waals surface area contributed by atoms with E-state index >= 15 is 0 Å². The normalized spacial score (nSPS) is 20.3. The maximum Gasteiger partial charge on any atom is 0.307 e. The molecule has 0 radical (unpaired) electrons. The summed E-state index contributed by atoms with van der Waals surface area (Å²) in [5, 5.41) is 11.9. The first-order valence-electron chi connectivity index (χ1n) is 13.5. The maximum atomic E-state index is 11.5. The van der Waals surface area contributed by atoms with Crippen LogP contribution in [0.3, 0.4) is 0 Å². The molecule has 2 aromatic rings. The minimum Gasteiger partial charge on any atom is -0.461 e. The lowest BCUT2D eigenvalue weighted by Crippen LogP contribution is -2.60. The Morgan fingerprint density at radius 1 is 0.721 bits per heavy atom. The summed E-state index contributed by atoms with van der Waals surface area (Å²) in [6.45, 7) is 1.64. The lowest BCUT2D eigenvalue weighted by atomic mass is 9.98. The lowest BCUT2D eigenvalue weighted by Gasteiger charge is -2.35. The average Bonchev–Trinajstić information content (AvgIpc) is 3.04.